The first-order chi connectivity index (χ1) is 17.7. The summed E-state index contributed by atoms with van der Waals surface area (Å²) in [6, 6.07) is 26.4. The Kier molecular flexibility index (Phi) is 8.36. The van der Waals surface area contributed by atoms with Crippen LogP contribution in [0.1, 0.15) is 39.9 Å². The smallest absolute Gasteiger partial charge is 0.271 e. The van der Waals surface area contributed by atoms with Gasteiger partial charge in [0.15, 0.2) is 0 Å². The van der Waals surface area contributed by atoms with Gasteiger partial charge in [-0.3, -0.25) is 9.69 Å². The normalized spacial score (nSPS) is 17.1. The van der Waals surface area contributed by atoms with Crippen molar-refractivity contribution in [3.8, 4) is 5.75 Å². The van der Waals surface area contributed by atoms with Gasteiger partial charge in [-0.1, -0.05) is 42.5 Å². The zero-order valence-corrected chi connectivity index (χ0v) is 21.3. The van der Waals surface area contributed by atoms with Crippen molar-refractivity contribution in [3.05, 3.63) is 101 Å². The fourth-order valence-corrected chi connectivity index (χ4v) is 5.22. The molecular weight excluding hydrogens is 466 g/mol. The summed E-state index contributed by atoms with van der Waals surface area (Å²) in [4.78, 5) is 15.0. The van der Waals surface area contributed by atoms with Crippen LogP contribution in [0.5, 0.6) is 5.75 Å². The average molecular weight is 500 g/mol. The lowest BCUT2D eigenvalue weighted by molar-refractivity contribution is 0.0955. The van der Waals surface area contributed by atoms with E-state index in [1.165, 1.54) is 30.4 Å². The van der Waals surface area contributed by atoms with Crippen molar-refractivity contribution in [2.45, 2.75) is 31.9 Å². The van der Waals surface area contributed by atoms with Gasteiger partial charge >= 0.3 is 0 Å². The van der Waals surface area contributed by atoms with Crippen molar-refractivity contribution >= 4 is 23.9 Å². The quantitative estimate of drug-likeness (QED) is 0.316. The van der Waals surface area contributed by atoms with E-state index in [2.05, 4.69) is 45.8 Å². The fraction of sp³-hybridized carbons (Fsp3) is 0.333. The van der Waals surface area contributed by atoms with E-state index in [9.17, 15) is 4.79 Å². The van der Waals surface area contributed by atoms with Gasteiger partial charge in [-0.15, -0.1) is 0 Å². The number of piperidine rings is 1. The molecule has 0 saturated carbocycles. The minimum absolute atomic E-state index is 0.207. The molecule has 0 radical (unpaired) electrons. The topological polar surface area (TPSA) is 53.9 Å². The van der Waals surface area contributed by atoms with Crippen LogP contribution in [-0.2, 0) is 13.0 Å². The van der Waals surface area contributed by atoms with Crippen molar-refractivity contribution in [1.29, 1.82) is 0 Å². The van der Waals surface area contributed by atoms with E-state index in [4.69, 9.17) is 4.74 Å². The number of likely N-dealkylation sites (tertiary alicyclic amines) is 1. The summed E-state index contributed by atoms with van der Waals surface area (Å²) >= 11 is 1.90. The fourth-order valence-electron chi connectivity index (χ4n) is 4.65. The molecule has 1 amide bonds. The van der Waals surface area contributed by atoms with Gasteiger partial charge in [0.2, 0.25) is 0 Å². The van der Waals surface area contributed by atoms with E-state index in [1.54, 1.807) is 6.21 Å². The zero-order chi connectivity index (χ0) is 24.6. The monoisotopic (exact) mass is 499 g/mol. The molecule has 2 saturated heterocycles. The maximum Gasteiger partial charge on any atom is 0.271 e. The maximum absolute atomic E-state index is 12.5. The van der Waals surface area contributed by atoms with E-state index >= 15 is 0 Å². The number of hydrogen-bond donors (Lipinski definition) is 1. The number of hydrazone groups is 1. The first kappa shape index (κ1) is 24.6. The number of carbonyl (C=O) groups excluding carboxylic acids is 1. The molecule has 0 atom stereocenters. The minimum atomic E-state index is -0.207. The van der Waals surface area contributed by atoms with Crippen molar-refractivity contribution in [1.82, 2.24) is 10.3 Å². The van der Waals surface area contributed by atoms with Crippen LogP contribution in [0, 0.1) is 5.92 Å². The molecule has 2 aliphatic heterocycles. The molecule has 2 fully saturated rings. The molecule has 36 heavy (non-hydrogen) atoms. The van der Waals surface area contributed by atoms with Crippen LogP contribution in [0.15, 0.2) is 84.0 Å². The molecule has 0 unspecified atom stereocenters. The van der Waals surface area contributed by atoms with Crippen LogP contribution in [0.2, 0.25) is 0 Å². The highest BCUT2D eigenvalue weighted by atomic mass is 32.2. The van der Waals surface area contributed by atoms with Gasteiger partial charge in [-0.2, -0.15) is 16.9 Å². The third kappa shape index (κ3) is 6.99. The largest absolute Gasteiger partial charge is 0.489 e. The molecule has 0 bridgehead atoms. The molecule has 3 aromatic rings. The number of ether oxygens (including phenoxy) is 1. The molecule has 2 aliphatic rings. The summed E-state index contributed by atoms with van der Waals surface area (Å²) in [6.07, 6.45) is 5.64. The standard InChI is InChI=1S/C30H33N3O2S/c34-30(32-31-19-25-8-12-28(13-9-25)35-29-21-36-22-29)27-10-6-26(7-11-27)20-33-16-14-24(15-17-33)18-23-4-2-1-3-5-23/h1-13,19,24,29H,14-18,20-22H2,(H,32,34)/b31-19-. The van der Waals surface area contributed by atoms with E-state index in [1.807, 2.05) is 60.3 Å². The second-order valence-electron chi connectivity index (χ2n) is 9.65. The van der Waals surface area contributed by atoms with Gasteiger partial charge < -0.3 is 4.74 Å². The summed E-state index contributed by atoms with van der Waals surface area (Å²) in [5, 5.41) is 4.11. The molecule has 5 nitrogen and oxygen atoms in total. The Morgan fingerprint density at radius 1 is 0.944 bits per heavy atom. The summed E-state index contributed by atoms with van der Waals surface area (Å²) in [7, 11) is 0. The molecular formula is C30H33N3O2S. The first-order valence-electron chi connectivity index (χ1n) is 12.7. The van der Waals surface area contributed by atoms with Gasteiger partial charge in [0.25, 0.3) is 5.91 Å². The number of nitrogens with zero attached hydrogens (tertiary/aromatic N) is 2. The number of nitrogens with one attached hydrogen (secondary N) is 1. The third-order valence-corrected chi connectivity index (χ3v) is 8.08. The summed E-state index contributed by atoms with van der Waals surface area (Å²) < 4.78 is 5.85. The first-order valence-corrected chi connectivity index (χ1v) is 13.9. The molecule has 3 aromatic carbocycles. The molecule has 2 heterocycles. The van der Waals surface area contributed by atoms with Crippen molar-refractivity contribution in [2.75, 3.05) is 24.6 Å². The maximum atomic E-state index is 12.5. The zero-order valence-electron chi connectivity index (χ0n) is 20.5. The van der Waals surface area contributed by atoms with E-state index in [0.717, 1.165) is 48.4 Å². The Labute approximate surface area is 217 Å². The SMILES string of the molecule is O=C(N/N=C\c1ccc(OC2CSC2)cc1)c1ccc(CN2CCC(Cc3ccccc3)CC2)cc1. The Hall–Kier alpha value is -3.09. The molecule has 1 N–H and O–H groups in total. The van der Waals surface area contributed by atoms with Crippen molar-refractivity contribution in [2.24, 2.45) is 11.0 Å². The molecule has 186 valence electrons. The van der Waals surface area contributed by atoms with Gasteiger partial charge in [-0.05, 0) is 91.4 Å². The summed E-state index contributed by atoms with van der Waals surface area (Å²) in [5.41, 5.74) is 6.83. The molecule has 0 aliphatic carbocycles. The number of benzene rings is 3. The second-order valence-corrected chi connectivity index (χ2v) is 10.7. The lowest BCUT2D eigenvalue weighted by Crippen LogP contribution is -2.33. The van der Waals surface area contributed by atoms with E-state index in [-0.39, 0.29) is 5.91 Å². The molecule has 0 spiro atoms. The van der Waals surface area contributed by atoms with Crippen LogP contribution < -0.4 is 10.2 Å². The van der Waals surface area contributed by atoms with Crippen LogP contribution in [0.3, 0.4) is 0 Å². The number of carbonyl (C=O) groups is 1. The van der Waals surface area contributed by atoms with Crippen molar-refractivity contribution < 1.29 is 9.53 Å². The highest BCUT2D eigenvalue weighted by molar-refractivity contribution is 8.00. The number of rotatable bonds is 9. The van der Waals surface area contributed by atoms with Gasteiger partial charge in [-0.25, -0.2) is 5.43 Å². The van der Waals surface area contributed by atoms with Crippen molar-refractivity contribution in [3.63, 3.8) is 0 Å². The number of amides is 1. The van der Waals surface area contributed by atoms with Crippen LogP contribution >= 0.6 is 11.8 Å². The molecule has 5 rings (SSSR count). The minimum Gasteiger partial charge on any atom is -0.489 e. The Balaban J connectivity index is 1.04. The molecule has 0 aromatic heterocycles. The average Bonchev–Trinajstić information content (AvgIpc) is 2.89. The predicted octanol–water partition coefficient (Wildman–Crippen LogP) is 5.40. The van der Waals surface area contributed by atoms with E-state index in [0.29, 0.717) is 11.7 Å². The highest BCUT2D eigenvalue weighted by Crippen LogP contribution is 2.24. The van der Waals surface area contributed by atoms with Crippen LogP contribution in [0.25, 0.3) is 0 Å². The second kappa shape index (κ2) is 12.2. The highest BCUT2D eigenvalue weighted by Gasteiger charge is 2.20. The van der Waals surface area contributed by atoms with Gasteiger partial charge in [0.1, 0.15) is 11.9 Å². The summed E-state index contributed by atoms with van der Waals surface area (Å²) in [6.45, 7) is 3.18. The lowest BCUT2D eigenvalue weighted by atomic mass is 9.90. The predicted molar refractivity (Wildman–Crippen MR) is 148 cm³/mol. The van der Waals surface area contributed by atoms with Crippen LogP contribution in [0.4, 0.5) is 0 Å². The third-order valence-electron chi connectivity index (χ3n) is 6.87. The van der Waals surface area contributed by atoms with Crippen LogP contribution in [-0.4, -0.2) is 47.7 Å². The van der Waals surface area contributed by atoms with Gasteiger partial charge in [0.05, 0.1) is 6.21 Å². The number of hydrogen-bond acceptors (Lipinski definition) is 5. The lowest BCUT2D eigenvalue weighted by Gasteiger charge is -2.32. The Bertz CT molecular complexity index is 1140. The molecule has 6 heteroatoms. The van der Waals surface area contributed by atoms with E-state index < -0.39 is 0 Å². The Morgan fingerprint density at radius 2 is 1.67 bits per heavy atom. The number of thioether (sulfide) groups is 1. The Morgan fingerprint density at radius 3 is 2.33 bits per heavy atom. The summed E-state index contributed by atoms with van der Waals surface area (Å²) in [5.74, 6) is 3.56. The van der Waals surface area contributed by atoms with Gasteiger partial charge in [0, 0.05) is 23.6 Å².